The van der Waals surface area contributed by atoms with Gasteiger partial charge in [-0.15, -0.1) is 0 Å². The molecular formula is C18H20N2O6. The molecule has 0 fully saturated rings. The van der Waals surface area contributed by atoms with E-state index in [4.69, 9.17) is 9.47 Å². The summed E-state index contributed by atoms with van der Waals surface area (Å²) in [4.78, 5) is 24.2. The standard InChI is InChI=1S/C18H20N2O6/c1-3-25-11-5-7-13(15(21)9-11)17(23)19-20-18(24)14-8-6-12(26-4-2)10-16(14)22/h5-10,21-22H,3-4H2,1-2H3,(H,19,23)(H,20,24). The molecule has 2 aromatic rings. The predicted molar refractivity (Wildman–Crippen MR) is 93.5 cm³/mol. The van der Waals surface area contributed by atoms with Crippen molar-refractivity contribution < 1.29 is 29.3 Å². The number of benzene rings is 2. The number of rotatable bonds is 6. The van der Waals surface area contributed by atoms with E-state index >= 15 is 0 Å². The van der Waals surface area contributed by atoms with E-state index in [0.717, 1.165) is 0 Å². The smallest absolute Gasteiger partial charge is 0.273 e. The van der Waals surface area contributed by atoms with Crippen molar-refractivity contribution in [2.75, 3.05) is 13.2 Å². The van der Waals surface area contributed by atoms with Crippen molar-refractivity contribution in [3.05, 3.63) is 47.5 Å². The molecule has 0 aromatic heterocycles. The fourth-order valence-electron chi connectivity index (χ4n) is 2.17. The Balaban J connectivity index is 2.02. The highest BCUT2D eigenvalue weighted by Gasteiger charge is 2.16. The minimum atomic E-state index is -0.718. The van der Waals surface area contributed by atoms with Gasteiger partial charge in [-0.3, -0.25) is 20.4 Å². The molecular weight excluding hydrogens is 340 g/mol. The first-order chi connectivity index (χ1) is 12.5. The van der Waals surface area contributed by atoms with Crippen LogP contribution in [0.1, 0.15) is 34.6 Å². The van der Waals surface area contributed by atoms with Crippen LogP contribution in [-0.4, -0.2) is 35.2 Å². The Labute approximate surface area is 150 Å². The Morgan fingerprint density at radius 2 is 1.19 bits per heavy atom. The zero-order chi connectivity index (χ0) is 19.1. The molecule has 0 spiro atoms. The summed E-state index contributed by atoms with van der Waals surface area (Å²) in [6.07, 6.45) is 0. The molecule has 0 saturated heterocycles. The molecule has 2 aromatic carbocycles. The van der Waals surface area contributed by atoms with Crippen molar-refractivity contribution in [3.63, 3.8) is 0 Å². The Morgan fingerprint density at radius 1 is 0.808 bits per heavy atom. The number of amides is 2. The molecule has 8 heteroatoms. The minimum Gasteiger partial charge on any atom is -0.507 e. The maximum Gasteiger partial charge on any atom is 0.273 e. The topological polar surface area (TPSA) is 117 Å². The van der Waals surface area contributed by atoms with Gasteiger partial charge in [0.05, 0.1) is 24.3 Å². The summed E-state index contributed by atoms with van der Waals surface area (Å²) >= 11 is 0. The third-order valence-corrected chi connectivity index (χ3v) is 3.34. The molecule has 0 bridgehead atoms. The molecule has 0 atom stereocenters. The first-order valence-corrected chi connectivity index (χ1v) is 7.98. The van der Waals surface area contributed by atoms with Gasteiger partial charge in [0.2, 0.25) is 0 Å². The zero-order valence-corrected chi connectivity index (χ0v) is 14.4. The van der Waals surface area contributed by atoms with Gasteiger partial charge in [-0.05, 0) is 38.1 Å². The molecule has 0 heterocycles. The van der Waals surface area contributed by atoms with Gasteiger partial charge in [0.15, 0.2) is 0 Å². The fraction of sp³-hybridized carbons (Fsp3) is 0.222. The lowest BCUT2D eigenvalue weighted by molar-refractivity contribution is 0.0843. The van der Waals surface area contributed by atoms with Crippen LogP contribution in [-0.2, 0) is 0 Å². The molecule has 2 amide bonds. The summed E-state index contributed by atoms with van der Waals surface area (Å²) in [5, 5.41) is 19.8. The quantitative estimate of drug-likeness (QED) is 0.585. The molecule has 26 heavy (non-hydrogen) atoms. The second-order valence-electron chi connectivity index (χ2n) is 5.13. The third kappa shape index (κ3) is 4.56. The molecule has 0 aliphatic heterocycles. The van der Waals surface area contributed by atoms with Crippen LogP contribution in [0.5, 0.6) is 23.0 Å². The Morgan fingerprint density at radius 3 is 1.50 bits per heavy atom. The second-order valence-corrected chi connectivity index (χ2v) is 5.13. The van der Waals surface area contributed by atoms with Crippen molar-refractivity contribution in [2.45, 2.75) is 13.8 Å². The van der Waals surface area contributed by atoms with E-state index in [1.165, 1.54) is 36.4 Å². The van der Waals surface area contributed by atoms with Crippen LogP contribution in [0.3, 0.4) is 0 Å². The van der Waals surface area contributed by atoms with Gasteiger partial charge in [0, 0.05) is 12.1 Å². The first-order valence-electron chi connectivity index (χ1n) is 7.98. The SMILES string of the molecule is CCOc1ccc(C(=O)NNC(=O)c2ccc(OCC)cc2O)c(O)c1. The van der Waals surface area contributed by atoms with Gasteiger partial charge < -0.3 is 19.7 Å². The average Bonchev–Trinajstić information content (AvgIpc) is 2.60. The summed E-state index contributed by atoms with van der Waals surface area (Å²) < 4.78 is 10.4. The van der Waals surface area contributed by atoms with Crippen LogP contribution in [0.25, 0.3) is 0 Å². The molecule has 0 aliphatic carbocycles. The van der Waals surface area contributed by atoms with Crippen molar-refractivity contribution >= 4 is 11.8 Å². The number of hydrazine groups is 1. The normalized spacial score (nSPS) is 10.1. The van der Waals surface area contributed by atoms with Crippen LogP contribution >= 0.6 is 0 Å². The summed E-state index contributed by atoms with van der Waals surface area (Å²) in [5.41, 5.74) is 4.27. The highest BCUT2D eigenvalue weighted by Crippen LogP contribution is 2.24. The molecule has 0 radical (unpaired) electrons. The molecule has 2 rings (SSSR count). The van der Waals surface area contributed by atoms with E-state index in [-0.39, 0.29) is 22.6 Å². The van der Waals surface area contributed by atoms with Gasteiger partial charge in [0.25, 0.3) is 11.8 Å². The number of phenolic OH excluding ortho intramolecular Hbond substituents is 2. The van der Waals surface area contributed by atoms with E-state index in [1.54, 1.807) is 13.8 Å². The number of phenols is 2. The lowest BCUT2D eigenvalue weighted by Crippen LogP contribution is -2.41. The van der Waals surface area contributed by atoms with Crippen LogP contribution in [0.2, 0.25) is 0 Å². The number of hydrogen-bond acceptors (Lipinski definition) is 6. The highest BCUT2D eigenvalue weighted by molar-refractivity contribution is 6.01. The minimum absolute atomic E-state index is 0.0373. The van der Waals surface area contributed by atoms with Gasteiger partial charge in [-0.1, -0.05) is 0 Å². The Kier molecular flexibility index (Phi) is 6.26. The predicted octanol–water partition coefficient (Wildman–Crippen LogP) is 1.97. The van der Waals surface area contributed by atoms with Crippen LogP contribution in [0.4, 0.5) is 0 Å². The lowest BCUT2D eigenvalue weighted by atomic mass is 10.1. The molecule has 0 saturated carbocycles. The molecule has 4 N–H and O–H groups in total. The van der Waals surface area contributed by atoms with Gasteiger partial charge >= 0.3 is 0 Å². The third-order valence-electron chi connectivity index (χ3n) is 3.34. The number of aromatic hydroxyl groups is 2. The summed E-state index contributed by atoms with van der Waals surface area (Å²) in [7, 11) is 0. The number of carbonyl (C=O) groups is 2. The van der Waals surface area contributed by atoms with E-state index < -0.39 is 11.8 Å². The van der Waals surface area contributed by atoms with E-state index in [9.17, 15) is 19.8 Å². The van der Waals surface area contributed by atoms with E-state index in [0.29, 0.717) is 24.7 Å². The zero-order valence-electron chi connectivity index (χ0n) is 14.4. The van der Waals surface area contributed by atoms with E-state index in [2.05, 4.69) is 10.9 Å². The highest BCUT2D eigenvalue weighted by atomic mass is 16.5. The fourth-order valence-corrected chi connectivity index (χ4v) is 2.17. The second kappa shape index (κ2) is 8.61. The number of hydrogen-bond donors (Lipinski definition) is 4. The van der Waals surface area contributed by atoms with E-state index in [1.807, 2.05) is 0 Å². The van der Waals surface area contributed by atoms with Crippen molar-refractivity contribution in [3.8, 4) is 23.0 Å². The monoisotopic (exact) mass is 360 g/mol. The summed E-state index contributed by atoms with van der Waals surface area (Å²) in [5.74, 6) is -1.17. The van der Waals surface area contributed by atoms with Crippen LogP contribution < -0.4 is 20.3 Å². The van der Waals surface area contributed by atoms with Crippen molar-refractivity contribution in [2.24, 2.45) is 0 Å². The molecule has 138 valence electrons. The van der Waals surface area contributed by atoms with Crippen molar-refractivity contribution in [1.82, 2.24) is 10.9 Å². The molecule has 8 nitrogen and oxygen atoms in total. The van der Waals surface area contributed by atoms with Gasteiger partial charge in [-0.2, -0.15) is 0 Å². The maximum atomic E-state index is 12.1. The van der Waals surface area contributed by atoms with Crippen molar-refractivity contribution in [1.29, 1.82) is 0 Å². The first kappa shape index (κ1) is 18.9. The largest absolute Gasteiger partial charge is 0.507 e. The molecule has 0 unspecified atom stereocenters. The van der Waals surface area contributed by atoms with Gasteiger partial charge in [0.1, 0.15) is 23.0 Å². The summed E-state index contributed by atoms with van der Waals surface area (Å²) in [6.45, 7) is 4.44. The molecule has 0 aliphatic rings. The van der Waals surface area contributed by atoms with Crippen LogP contribution in [0.15, 0.2) is 36.4 Å². The Hall–Kier alpha value is -3.42. The number of ether oxygens (including phenoxy) is 2. The summed E-state index contributed by atoms with van der Waals surface area (Å²) in [6, 6.07) is 8.40. The van der Waals surface area contributed by atoms with Crippen LogP contribution in [0, 0.1) is 0 Å². The lowest BCUT2D eigenvalue weighted by Gasteiger charge is -2.11. The number of carbonyl (C=O) groups excluding carboxylic acids is 2. The average molecular weight is 360 g/mol. The Bertz CT molecular complexity index is 739. The van der Waals surface area contributed by atoms with Gasteiger partial charge in [-0.25, -0.2) is 0 Å². The number of nitrogens with one attached hydrogen (secondary N) is 2. The maximum absolute atomic E-state index is 12.1.